The van der Waals surface area contributed by atoms with Crippen LogP contribution < -0.4 is 0 Å². The van der Waals surface area contributed by atoms with Crippen molar-refractivity contribution in [3.8, 4) is 0 Å². The standard InChI is InChI=1S/C10H17NO4S/c1-6(12)7-8(9(13)15-5)11(7)16(14)10(2,3)4/h7-8H,1-5H3/t7-,8-,11?,16?/m1/s1. The lowest BCUT2D eigenvalue weighted by Gasteiger charge is -2.24. The van der Waals surface area contributed by atoms with Crippen LogP contribution in [0.4, 0.5) is 0 Å². The number of esters is 1. The van der Waals surface area contributed by atoms with Gasteiger partial charge in [0.05, 0.1) is 7.11 Å². The van der Waals surface area contributed by atoms with Crippen molar-refractivity contribution in [1.29, 1.82) is 0 Å². The van der Waals surface area contributed by atoms with E-state index in [0.29, 0.717) is 0 Å². The second-order valence-corrected chi connectivity index (χ2v) is 6.89. The average molecular weight is 247 g/mol. The Kier molecular flexibility index (Phi) is 3.66. The number of Topliss-reactive ketones (excluding diaryl/α,β-unsaturated/α-hetero) is 1. The Morgan fingerprint density at radius 3 is 2.12 bits per heavy atom. The van der Waals surface area contributed by atoms with E-state index in [1.165, 1.54) is 18.3 Å². The summed E-state index contributed by atoms with van der Waals surface area (Å²) in [6.45, 7) is 6.79. The molecule has 0 saturated carbocycles. The fourth-order valence-corrected chi connectivity index (χ4v) is 2.94. The van der Waals surface area contributed by atoms with Crippen molar-refractivity contribution < 1.29 is 18.9 Å². The molecule has 5 nitrogen and oxygen atoms in total. The van der Waals surface area contributed by atoms with E-state index >= 15 is 0 Å². The molecule has 1 fully saturated rings. The molecule has 0 radical (unpaired) electrons. The molecule has 2 unspecified atom stereocenters. The lowest BCUT2D eigenvalue weighted by atomic mass is 10.2. The maximum atomic E-state index is 12.0. The largest absolute Gasteiger partial charge is 0.597 e. The summed E-state index contributed by atoms with van der Waals surface area (Å²) in [4.78, 5) is 22.7. The summed E-state index contributed by atoms with van der Waals surface area (Å²) < 4.78 is 17.6. The first kappa shape index (κ1) is 13.5. The number of nitrogens with zero attached hydrogens (tertiary/aromatic N) is 1. The van der Waals surface area contributed by atoms with E-state index in [9.17, 15) is 14.1 Å². The van der Waals surface area contributed by atoms with Crippen molar-refractivity contribution in [2.75, 3.05) is 7.11 Å². The monoisotopic (exact) mass is 247 g/mol. The third kappa shape index (κ3) is 2.39. The third-order valence-electron chi connectivity index (χ3n) is 2.33. The molecular weight excluding hydrogens is 230 g/mol. The van der Waals surface area contributed by atoms with E-state index in [0.717, 1.165) is 0 Å². The Labute approximate surface area is 98.4 Å². The van der Waals surface area contributed by atoms with Gasteiger partial charge >= 0.3 is 5.97 Å². The van der Waals surface area contributed by atoms with E-state index < -0.39 is 34.2 Å². The number of carbonyl (C=O) groups excluding carboxylic acids is 2. The van der Waals surface area contributed by atoms with Gasteiger partial charge in [-0.1, -0.05) is 4.31 Å². The van der Waals surface area contributed by atoms with Gasteiger partial charge in [0.15, 0.2) is 11.8 Å². The van der Waals surface area contributed by atoms with E-state index in [2.05, 4.69) is 4.74 Å². The molecule has 0 N–H and O–H groups in total. The summed E-state index contributed by atoms with van der Waals surface area (Å²) in [6, 6.07) is -1.27. The van der Waals surface area contributed by atoms with Gasteiger partial charge in [-0.25, -0.2) is 0 Å². The van der Waals surface area contributed by atoms with Gasteiger partial charge in [-0.3, -0.25) is 9.59 Å². The van der Waals surface area contributed by atoms with Crippen LogP contribution in [0.25, 0.3) is 0 Å². The summed E-state index contributed by atoms with van der Waals surface area (Å²) in [6.07, 6.45) is 0. The summed E-state index contributed by atoms with van der Waals surface area (Å²) >= 11 is -1.37. The minimum absolute atomic E-state index is 0.159. The molecular formula is C10H17NO4S. The van der Waals surface area contributed by atoms with Crippen LogP contribution in [0.3, 0.4) is 0 Å². The Bertz CT molecular complexity index is 312. The molecule has 16 heavy (non-hydrogen) atoms. The Balaban J connectivity index is 2.82. The normalized spacial score (nSPS) is 30.8. The summed E-state index contributed by atoms with van der Waals surface area (Å²) in [5.41, 5.74) is 0. The van der Waals surface area contributed by atoms with Crippen LogP contribution >= 0.6 is 0 Å². The van der Waals surface area contributed by atoms with Gasteiger partial charge in [-0.15, -0.1) is 0 Å². The molecule has 0 aliphatic carbocycles. The maximum Gasteiger partial charge on any atom is 0.330 e. The number of hydrogen-bond donors (Lipinski definition) is 0. The van der Waals surface area contributed by atoms with E-state index in [-0.39, 0.29) is 5.78 Å². The van der Waals surface area contributed by atoms with Crippen molar-refractivity contribution in [3.63, 3.8) is 0 Å². The molecule has 1 aliphatic rings. The van der Waals surface area contributed by atoms with Crippen LogP contribution in [0.2, 0.25) is 0 Å². The van der Waals surface area contributed by atoms with Crippen molar-refractivity contribution in [1.82, 2.24) is 4.31 Å². The van der Waals surface area contributed by atoms with Gasteiger partial charge in [0, 0.05) is 11.4 Å². The topological polar surface area (TPSA) is 69.4 Å². The number of ether oxygens (including phenoxy) is 1. The second-order valence-electron chi connectivity index (χ2n) is 4.74. The van der Waals surface area contributed by atoms with Crippen LogP contribution in [-0.4, -0.2) is 44.6 Å². The zero-order chi connectivity index (χ0) is 12.7. The molecule has 1 aliphatic heterocycles. The highest BCUT2D eigenvalue weighted by molar-refractivity contribution is 7.90. The number of rotatable bonds is 3. The highest BCUT2D eigenvalue weighted by Crippen LogP contribution is 2.38. The molecule has 0 aromatic heterocycles. The van der Waals surface area contributed by atoms with E-state index in [1.807, 2.05) is 0 Å². The van der Waals surface area contributed by atoms with Gasteiger partial charge in [-0.05, 0) is 27.7 Å². The SMILES string of the molecule is COC(=O)[C@H]1[C@@H](C(C)=O)N1[S+]([O-])C(C)(C)C. The van der Waals surface area contributed by atoms with Crippen molar-refractivity contribution in [3.05, 3.63) is 0 Å². The van der Waals surface area contributed by atoms with Crippen molar-refractivity contribution in [2.45, 2.75) is 44.5 Å². The fraction of sp³-hybridized carbons (Fsp3) is 0.800. The van der Waals surface area contributed by atoms with Crippen LogP contribution in [0.5, 0.6) is 0 Å². The number of hydrogen-bond acceptors (Lipinski definition) is 5. The van der Waals surface area contributed by atoms with Crippen molar-refractivity contribution in [2.24, 2.45) is 0 Å². The van der Waals surface area contributed by atoms with Crippen molar-refractivity contribution >= 4 is 23.1 Å². The Morgan fingerprint density at radius 1 is 1.31 bits per heavy atom. The highest BCUT2D eigenvalue weighted by Gasteiger charge is 2.66. The molecule has 0 amide bonds. The van der Waals surface area contributed by atoms with Crippen LogP contribution in [0.15, 0.2) is 0 Å². The molecule has 1 saturated heterocycles. The smallest absolute Gasteiger partial charge is 0.330 e. The van der Waals surface area contributed by atoms with Gasteiger partial charge in [0.1, 0.15) is 10.8 Å². The van der Waals surface area contributed by atoms with E-state index in [4.69, 9.17) is 0 Å². The Hall–Kier alpha value is -0.590. The molecule has 0 aromatic carbocycles. The van der Waals surface area contributed by atoms with Gasteiger partial charge in [-0.2, -0.15) is 0 Å². The minimum Gasteiger partial charge on any atom is -0.597 e. The van der Waals surface area contributed by atoms with E-state index in [1.54, 1.807) is 20.8 Å². The molecule has 6 heteroatoms. The second kappa shape index (κ2) is 4.35. The van der Waals surface area contributed by atoms with Gasteiger partial charge in [0.2, 0.25) is 0 Å². The lowest BCUT2D eigenvalue weighted by Crippen LogP contribution is -2.36. The summed E-state index contributed by atoms with van der Waals surface area (Å²) in [5, 5.41) is 0. The number of carbonyl (C=O) groups is 2. The third-order valence-corrected chi connectivity index (χ3v) is 4.22. The molecule has 4 atom stereocenters. The lowest BCUT2D eigenvalue weighted by molar-refractivity contribution is -0.141. The zero-order valence-electron chi connectivity index (χ0n) is 10.1. The van der Waals surface area contributed by atoms with Gasteiger partial charge < -0.3 is 9.29 Å². The predicted molar refractivity (Wildman–Crippen MR) is 60.0 cm³/mol. The molecule has 0 bridgehead atoms. The quantitative estimate of drug-likeness (QED) is 0.406. The summed E-state index contributed by atoms with van der Waals surface area (Å²) in [7, 11) is 1.26. The summed E-state index contributed by atoms with van der Waals surface area (Å²) in [5.74, 6) is -0.661. The molecule has 92 valence electrons. The number of ketones is 1. The first-order valence-corrected chi connectivity index (χ1v) is 6.11. The minimum atomic E-state index is -1.37. The first-order chi connectivity index (χ1) is 7.21. The molecule has 1 rings (SSSR count). The molecule has 0 spiro atoms. The average Bonchev–Trinajstić information content (AvgIpc) is 2.88. The molecule has 0 aromatic rings. The highest BCUT2D eigenvalue weighted by atomic mass is 32.2. The van der Waals surface area contributed by atoms with Crippen LogP contribution in [-0.2, 0) is 25.7 Å². The van der Waals surface area contributed by atoms with Crippen LogP contribution in [0.1, 0.15) is 27.7 Å². The van der Waals surface area contributed by atoms with Gasteiger partial charge in [0.25, 0.3) is 0 Å². The first-order valence-electron chi connectivity index (χ1n) is 5.00. The Morgan fingerprint density at radius 2 is 1.81 bits per heavy atom. The fourth-order valence-electron chi connectivity index (χ4n) is 1.49. The molecule has 1 heterocycles. The maximum absolute atomic E-state index is 12.0. The zero-order valence-corrected chi connectivity index (χ0v) is 11.0. The van der Waals surface area contributed by atoms with Crippen LogP contribution in [0, 0.1) is 0 Å². The predicted octanol–water partition coefficient (Wildman–Crippen LogP) is 0.263. The number of methoxy groups -OCH3 is 1.